The van der Waals surface area contributed by atoms with Crippen molar-refractivity contribution in [3.05, 3.63) is 0 Å². The molecule has 1 saturated heterocycles. The van der Waals surface area contributed by atoms with Gasteiger partial charge in [0.2, 0.25) is 5.91 Å². The van der Waals surface area contributed by atoms with E-state index in [-0.39, 0.29) is 0 Å². The first-order chi connectivity index (χ1) is 9.77. The summed E-state index contributed by atoms with van der Waals surface area (Å²) in [5.41, 5.74) is 0. The first-order valence-corrected chi connectivity index (χ1v) is 8.07. The molecule has 0 aliphatic carbocycles. The number of nitrogens with one attached hydrogen (secondary N) is 2. The van der Waals surface area contributed by atoms with Gasteiger partial charge in [0.1, 0.15) is 0 Å². The highest BCUT2D eigenvalue weighted by molar-refractivity contribution is 5.79. The molecule has 1 aliphatic rings. The van der Waals surface area contributed by atoms with Crippen molar-refractivity contribution in [1.82, 2.24) is 15.5 Å². The van der Waals surface area contributed by atoms with Crippen LogP contribution in [-0.2, 0) is 4.79 Å². The highest BCUT2D eigenvalue weighted by Crippen LogP contribution is 2.11. The molecule has 0 atom stereocenters. The fraction of sp³-hybridized carbons (Fsp3) is 0.867. The van der Waals surface area contributed by atoms with Gasteiger partial charge >= 0.3 is 0 Å². The fourth-order valence-corrected chi connectivity index (χ4v) is 2.32. The van der Waals surface area contributed by atoms with Crippen molar-refractivity contribution >= 4 is 11.9 Å². The molecule has 0 spiro atoms. The summed E-state index contributed by atoms with van der Waals surface area (Å²) in [6.07, 6.45) is 6.16. The van der Waals surface area contributed by atoms with Gasteiger partial charge in [-0.25, -0.2) is 0 Å². The lowest BCUT2D eigenvalue weighted by Crippen LogP contribution is -2.39. The van der Waals surface area contributed by atoms with Crippen LogP contribution in [0, 0.1) is 0 Å². The molecule has 0 bridgehead atoms. The third-order valence-electron chi connectivity index (χ3n) is 3.41. The molecule has 1 fully saturated rings. The minimum Gasteiger partial charge on any atom is -0.357 e. The summed E-state index contributed by atoms with van der Waals surface area (Å²) in [6, 6.07) is 0. The zero-order chi connectivity index (χ0) is 14.6. The van der Waals surface area contributed by atoms with Crippen molar-refractivity contribution < 1.29 is 4.79 Å². The molecule has 0 saturated carbocycles. The summed E-state index contributed by atoms with van der Waals surface area (Å²) in [5.74, 6) is 1.21. The minimum atomic E-state index is 0.328. The molecule has 1 amide bonds. The molecular formula is C15H30N4O. The normalized spacial score (nSPS) is 17.0. The predicted octanol–water partition coefficient (Wildman–Crippen LogP) is 1.74. The van der Waals surface area contributed by atoms with E-state index in [1.54, 1.807) is 0 Å². The molecule has 116 valence electrons. The quantitative estimate of drug-likeness (QED) is 0.425. The highest BCUT2D eigenvalue weighted by atomic mass is 16.2. The molecule has 2 N–H and O–H groups in total. The van der Waals surface area contributed by atoms with Gasteiger partial charge < -0.3 is 15.5 Å². The number of nitrogens with zero attached hydrogens (tertiary/aromatic N) is 2. The number of guanidine groups is 1. The molecule has 5 nitrogen and oxygen atoms in total. The molecule has 0 unspecified atom stereocenters. The van der Waals surface area contributed by atoms with Crippen LogP contribution in [0.4, 0.5) is 0 Å². The largest absolute Gasteiger partial charge is 0.357 e. The highest BCUT2D eigenvalue weighted by Gasteiger charge is 2.15. The third-order valence-corrected chi connectivity index (χ3v) is 3.41. The van der Waals surface area contributed by atoms with Crippen LogP contribution in [0.5, 0.6) is 0 Å². The van der Waals surface area contributed by atoms with E-state index in [0.29, 0.717) is 5.91 Å². The van der Waals surface area contributed by atoms with Crippen LogP contribution < -0.4 is 10.6 Å². The molecule has 0 aromatic carbocycles. The van der Waals surface area contributed by atoms with Crippen molar-refractivity contribution in [2.24, 2.45) is 4.99 Å². The summed E-state index contributed by atoms with van der Waals surface area (Å²) in [4.78, 5) is 18.3. The van der Waals surface area contributed by atoms with E-state index in [4.69, 9.17) is 0 Å². The third kappa shape index (κ3) is 6.78. The smallest absolute Gasteiger partial charge is 0.222 e. The molecule has 1 rings (SSSR count). The van der Waals surface area contributed by atoms with Crippen molar-refractivity contribution in [3.63, 3.8) is 0 Å². The van der Waals surface area contributed by atoms with Crippen LogP contribution in [0.25, 0.3) is 0 Å². The topological polar surface area (TPSA) is 56.7 Å². The first kappa shape index (κ1) is 16.8. The number of carbonyl (C=O) groups excluding carboxylic acids is 1. The number of carbonyl (C=O) groups is 1. The Morgan fingerprint density at radius 2 is 2.10 bits per heavy atom. The Morgan fingerprint density at radius 1 is 1.25 bits per heavy atom. The maximum Gasteiger partial charge on any atom is 0.222 e. The molecular weight excluding hydrogens is 252 g/mol. The predicted molar refractivity (Wildman–Crippen MR) is 83.9 cm³/mol. The second-order valence-corrected chi connectivity index (χ2v) is 5.23. The van der Waals surface area contributed by atoms with Gasteiger partial charge in [-0.3, -0.25) is 9.79 Å². The minimum absolute atomic E-state index is 0.328. The number of rotatable bonds is 7. The maximum atomic E-state index is 11.9. The van der Waals surface area contributed by atoms with E-state index in [9.17, 15) is 4.79 Å². The summed E-state index contributed by atoms with van der Waals surface area (Å²) in [5, 5.41) is 6.56. The first-order valence-electron chi connectivity index (χ1n) is 8.07. The Hall–Kier alpha value is -1.26. The van der Waals surface area contributed by atoms with Crippen LogP contribution >= 0.6 is 0 Å². The molecule has 0 aromatic heterocycles. The Labute approximate surface area is 123 Å². The zero-order valence-electron chi connectivity index (χ0n) is 13.1. The van der Waals surface area contributed by atoms with E-state index >= 15 is 0 Å². The van der Waals surface area contributed by atoms with E-state index < -0.39 is 0 Å². The van der Waals surface area contributed by atoms with E-state index in [1.807, 2.05) is 4.90 Å². The van der Waals surface area contributed by atoms with Gasteiger partial charge in [-0.15, -0.1) is 0 Å². The summed E-state index contributed by atoms with van der Waals surface area (Å²) >= 11 is 0. The molecule has 0 radical (unpaired) electrons. The van der Waals surface area contributed by atoms with Crippen molar-refractivity contribution in [1.29, 1.82) is 0 Å². The number of hydrogen-bond donors (Lipinski definition) is 2. The van der Waals surface area contributed by atoms with Gasteiger partial charge in [-0.1, -0.05) is 13.3 Å². The van der Waals surface area contributed by atoms with Crippen LogP contribution in [0.15, 0.2) is 4.99 Å². The Bertz CT molecular complexity index is 304. The van der Waals surface area contributed by atoms with Gasteiger partial charge in [0.25, 0.3) is 0 Å². The van der Waals surface area contributed by atoms with E-state index in [0.717, 1.165) is 70.8 Å². The van der Waals surface area contributed by atoms with Crippen molar-refractivity contribution in [2.45, 2.75) is 52.4 Å². The number of amides is 1. The fourth-order valence-electron chi connectivity index (χ4n) is 2.32. The standard InChI is InChI=1S/C15H30N4O/c1-3-10-17-15(16-4-2)18-11-8-13-19-12-7-5-6-9-14(19)20/h3-13H2,1-2H3,(H2,16,17,18). The zero-order valence-corrected chi connectivity index (χ0v) is 13.1. The molecule has 1 aliphatic heterocycles. The van der Waals surface area contributed by atoms with E-state index in [1.165, 1.54) is 6.42 Å². The van der Waals surface area contributed by atoms with Gasteiger partial charge in [-0.05, 0) is 32.6 Å². The van der Waals surface area contributed by atoms with Gasteiger partial charge in [-0.2, -0.15) is 0 Å². The van der Waals surface area contributed by atoms with Crippen molar-refractivity contribution in [3.8, 4) is 0 Å². The van der Waals surface area contributed by atoms with Gasteiger partial charge in [0, 0.05) is 39.1 Å². The van der Waals surface area contributed by atoms with Crippen LogP contribution in [0.3, 0.4) is 0 Å². The Morgan fingerprint density at radius 3 is 2.85 bits per heavy atom. The summed E-state index contributed by atoms with van der Waals surface area (Å²) < 4.78 is 0. The van der Waals surface area contributed by atoms with Crippen molar-refractivity contribution in [2.75, 3.05) is 32.7 Å². The number of likely N-dealkylation sites (tertiary alicyclic amines) is 1. The molecule has 5 heteroatoms. The summed E-state index contributed by atoms with van der Waals surface area (Å²) in [7, 11) is 0. The average molecular weight is 282 g/mol. The van der Waals surface area contributed by atoms with Gasteiger partial charge in [0.05, 0.1) is 0 Å². The second kappa shape index (κ2) is 10.5. The summed E-state index contributed by atoms with van der Waals surface area (Å²) in [6.45, 7) is 8.57. The lowest BCUT2D eigenvalue weighted by Gasteiger charge is -2.20. The van der Waals surface area contributed by atoms with Gasteiger partial charge in [0.15, 0.2) is 5.96 Å². The second-order valence-electron chi connectivity index (χ2n) is 5.23. The molecule has 20 heavy (non-hydrogen) atoms. The lowest BCUT2D eigenvalue weighted by molar-refractivity contribution is -0.130. The average Bonchev–Trinajstić information content (AvgIpc) is 2.65. The Balaban J connectivity index is 2.23. The maximum absolute atomic E-state index is 11.9. The van der Waals surface area contributed by atoms with Crippen LogP contribution in [-0.4, -0.2) is 49.5 Å². The number of aliphatic imine (C=N–C) groups is 1. The Kier molecular flexibility index (Phi) is 8.83. The lowest BCUT2D eigenvalue weighted by atomic mass is 10.2. The molecule has 1 heterocycles. The number of hydrogen-bond acceptors (Lipinski definition) is 2. The van der Waals surface area contributed by atoms with Crippen LogP contribution in [0.2, 0.25) is 0 Å². The monoisotopic (exact) mass is 282 g/mol. The van der Waals surface area contributed by atoms with E-state index in [2.05, 4.69) is 29.5 Å². The van der Waals surface area contributed by atoms with Crippen LogP contribution in [0.1, 0.15) is 52.4 Å². The molecule has 0 aromatic rings. The SMILES string of the molecule is CCCN=C(NCC)NCCCN1CCCCCC1=O.